The molecule has 0 aliphatic carbocycles. The number of carbonyl (C=O) groups is 1. The molecule has 4 rings (SSSR count). The number of carbonyl (C=O) groups excluding carboxylic acids is 1. The molecule has 0 radical (unpaired) electrons. The lowest BCUT2D eigenvalue weighted by Gasteiger charge is -2.25. The first-order chi connectivity index (χ1) is 16.4. The zero-order valence-electron chi connectivity index (χ0n) is 18.0. The predicted octanol–water partition coefficient (Wildman–Crippen LogP) is 4.13. The summed E-state index contributed by atoms with van der Waals surface area (Å²) in [6.45, 7) is -0.419. The fourth-order valence-electron chi connectivity index (χ4n) is 3.13. The Bertz CT molecular complexity index is 1260. The minimum absolute atomic E-state index is 0.103. The van der Waals surface area contributed by atoms with Crippen LogP contribution in [-0.4, -0.2) is 44.7 Å². The van der Waals surface area contributed by atoms with Gasteiger partial charge in [0.25, 0.3) is 15.9 Å². The van der Waals surface area contributed by atoms with Crippen LogP contribution in [0.25, 0.3) is 0 Å². The number of nitrogens with one attached hydrogen (secondary N) is 1. The molecular formula is C24H22IN3O4S2. The van der Waals surface area contributed by atoms with E-state index in [4.69, 9.17) is 4.74 Å². The fourth-order valence-corrected chi connectivity index (χ4v) is 5.50. The van der Waals surface area contributed by atoms with E-state index >= 15 is 0 Å². The average Bonchev–Trinajstić information content (AvgIpc) is 2.81. The number of hydrogen-bond donors (Lipinski definition) is 1. The van der Waals surface area contributed by atoms with Crippen molar-refractivity contribution in [3.63, 3.8) is 0 Å². The smallest absolute Gasteiger partial charge is 0.264 e. The van der Waals surface area contributed by atoms with Gasteiger partial charge in [0.1, 0.15) is 18.4 Å². The Morgan fingerprint density at radius 3 is 2.50 bits per heavy atom. The number of halogens is 1. The molecule has 1 amide bonds. The number of hydrogen-bond acceptors (Lipinski definition) is 6. The Kier molecular flexibility index (Phi) is 8.11. The van der Waals surface area contributed by atoms with Crippen molar-refractivity contribution in [3.05, 3.63) is 88.0 Å². The minimum Gasteiger partial charge on any atom is -0.489 e. The molecule has 1 N–H and O–H groups in total. The SMILES string of the molecule is O=C(CN(c1ccc(I)cc1)S(=O)(=O)c1ccccc1)N/N=C\c1cccc(OC2CSC2)c1. The molecule has 0 unspecified atom stereocenters. The van der Waals surface area contributed by atoms with Crippen LogP contribution in [0.15, 0.2) is 88.9 Å². The van der Waals surface area contributed by atoms with Gasteiger partial charge in [-0.25, -0.2) is 13.8 Å². The summed E-state index contributed by atoms with van der Waals surface area (Å²) in [6, 6.07) is 22.4. The standard InChI is InChI=1S/C24H22IN3O4S2/c25-19-9-11-20(12-10-19)28(34(30,31)23-7-2-1-3-8-23)15-24(29)27-26-14-18-5-4-6-21(13-18)32-22-16-33-17-22/h1-14,22H,15-17H2,(H,27,29)/b26-14-. The summed E-state index contributed by atoms with van der Waals surface area (Å²) in [5, 5.41) is 4.00. The van der Waals surface area contributed by atoms with Crippen molar-refractivity contribution in [1.29, 1.82) is 0 Å². The summed E-state index contributed by atoms with van der Waals surface area (Å²) in [7, 11) is -3.95. The van der Waals surface area contributed by atoms with Gasteiger partial charge < -0.3 is 4.74 Å². The van der Waals surface area contributed by atoms with Gasteiger partial charge >= 0.3 is 0 Å². The maximum atomic E-state index is 13.3. The van der Waals surface area contributed by atoms with Gasteiger partial charge in [0.15, 0.2) is 0 Å². The van der Waals surface area contributed by atoms with E-state index in [1.807, 2.05) is 36.0 Å². The number of benzene rings is 3. The molecular weight excluding hydrogens is 585 g/mol. The van der Waals surface area contributed by atoms with Gasteiger partial charge in [-0.05, 0) is 76.7 Å². The first-order valence-corrected chi connectivity index (χ1v) is 14.1. The Morgan fingerprint density at radius 1 is 1.09 bits per heavy atom. The number of rotatable bonds is 9. The first kappa shape index (κ1) is 24.6. The molecule has 1 fully saturated rings. The summed E-state index contributed by atoms with van der Waals surface area (Å²) in [5.74, 6) is 2.15. The molecule has 1 aliphatic heterocycles. The van der Waals surface area contributed by atoms with Crippen molar-refractivity contribution in [3.8, 4) is 5.75 Å². The number of amides is 1. The van der Waals surface area contributed by atoms with Crippen LogP contribution < -0.4 is 14.5 Å². The van der Waals surface area contributed by atoms with E-state index < -0.39 is 22.5 Å². The summed E-state index contributed by atoms with van der Waals surface area (Å²) < 4.78 is 34.5. The molecule has 7 nitrogen and oxygen atoms in total. The highest BCUT2D eigenvalue weighted by atomic mass is 127. The molecule has 1 aliphatic rings. The van der Waals surface area contributed by atoms with Gasteiger partial charge in [-0.2, -0.15) is 16.9 Å². The van der Waals surface area contributed by atoms with Gasteiger partial charge in [0.05, 0.1) is 16.8 Å². The van der Waals surface area contributed by atoms with Gasteiger partial charge in [-0.1, -0.05) is 30.3 Å². The van der Waals surface area contributed by atoms with Gasteiger partial charge in [0, 0.05) is 15.1 Å². The lowest BCUT2D eigenvalue weighted by Crippen LogP contribution is -2.39. The summed E-state index contributed by atoms with van der Waals surface area (Å²) in [5.41, 5.74) is 3.58. The first-order valence-electron chi connectivity index (χ1n) is 10.4. The van der Waals surface area contributed by atoms with E-state index in [0.29, 0.717) is 5.69 Å². The largest absolute Gasteiger partial charge is 0.489 e. The van der Waals surface area contributed by atoms with Crippen LogP contribution in [0.1, 0.15) is 5.56 Å². The van der Waals surface area contributed by atoms with E-state index in [0.717, 1.165) is 30.7 Å². The number of ether oxygens (including phenoxy) is 1. The average molecular weight is 607 g/mol. The molecule has 34 heavy (non-hydrogen) atoms. The van der Waals surface area contributed by atoms with Crippen LogP contribution in [0.3, 0.4) is 0 Å². The lowest BCUT2D eigenvalue weighted by atomic mass is 10.2. The number of anilines is 1. The minimum atomic E-state index is -3.95. The van der Waals surface area contributed by atoms with Crippen molar-refractivity contribution < 1.29 is 17.9 Å². The van der Waals surface area contributed by atoms with Crippen LogP contribution in [0.2, 0.25) is 0 Å². The Morgan fingerprint density at radius 2 is 1.82 bits per heavy atom. The second-order valence-corrected chi connectivity index (χ2v) is 11.6. The monoisotopic (exact) mass is 607 g/mol. The van der Waals surface area contributed by atoms with Crippen molar-refractivity contribution in [1.82, 2.24) is 5.43 Å². The molecule has 3 aromatic rings. The maximum Gasteiger partial charge on any atom is 0.264 e. The topological polar surface area (TPSA) is 88.1 Å². The van der Waals surface area contributed by atoms with E-state index in [9.17, 15) is 13.2 Å². The Hall–Kier alpha value is -2.57. The molecule has 10 heteroatoms. The van der Waals surface area contributed by atoms with Crippen molar-refractivity contribution in [2.24, 2.45) is 5.10 Å². The van der Waals surface area contributed by atoms with Crippen LogP contribution in [0.4, 0.5) is 5.69 Å². The highest BCUT2D eigenvalue weighted by Gasteiger charge is 2.27. The third-order valence-electron chi connectivity index (χ3n) is 4.90. The summed E-state index contributed by atoms with van der Waals surface area (Å²) >= 11 is 3.98. The van der Waals surface area contributed by atoms with E-state index in [2.05, 4.69) is 33.1 Å². The summed E-state index contributed by atoms with van der Waals surface area (Å²) in [6.07, 6.45) is 1.73. The van der Waals surface area contributed by atoms with E-state index in [1.54, 1.807) is 42.5 Å². The van der Waals surface area contributed by atoms with Crippen LogP contribution in [0.5, 0.6) is 5.75 Å². The second-order valence-electron chi connectivity index (χ2n) is 7.44. The second kappa shape index (κ2) is 11.2. The Balaban J connectivity index is 1.46. The van der Waals surface area contributed by atoms with Crippen molar-refractivity contribution in [2.75, 3.05) is 22.4 Å². The lowest BCUT2D eigenvalue weighted by molar-refractivity contribution is -0.119. The predicted molar refractivity (Wildman–Crippen MR) is 144 cm³/mol. The molecule has 176 valence electrons. The zero-order chi connectivity index (χ0) is 24.0. The third-order valence-corrected chi connectivity index (χ3v) is 8.63. The fraction of sp³-hybridized carbons (Fsp3) is 0.167. The van der Waals surface area contributed by atoms with Gasteiger partial charge in [-0.3, -0.25) is 9.10 Å². The molecule has 1 saturated heterocycles. The molecule has 0 spiro atoms. The number of hydrazone groups is 1. The van der Waals surface area contributed by atoms with E-state index in [-0.39, 0.29) is 11.0 Å². The van der Waals surface area contributed by atoms with Crippen LogP contribution in [-0.2, 0) is 14.8 Å². The number of thioether (sulfide) groups is 1. The van der Waals surface area contributed by atoms with Crippen molar-refractivity contribution >= 4 is 62.2 Å². The summed E-state index contributed by atoms with van der Waals surface area (Å²) in [4.78, 5) is 12.8. The quantitative estimate of drug-likeness (QED) is 0.225. The molecule has 0 saturated carbocycles. The number of sulfonamides is 1. The third kappa shape index (κ3) is 6.30. The number of nitrogens with zero attached hydrogens (tertiary/aromatic N) is 2. The molecule has 0 atom stereocenters. The highest BCUT2D eigenvalue weighted by Crippen LogP contribution is 2.25. The maximum absolute atomic E-state index is 13.3. The van der Waals surface area contributed by atoms with Gasteiger partial charge in [0.2, 0.25) is 0 Å². The van der Waals surface area contributed by atoms with Crippen molar-refractivity contribution in [2.45, 2.75) is 11.0 Å². The highest BCUT2D eigenvalue weighted by molar-refractivity contribution is 14.1. The van der Waals surface area contributed by atoms with Crippen LogP contribution in [0, 0.1) is 3.57 Å². The molecule has 0 bridgehead atoms. The Labute approximate surface area is 216 Å². The molecule has 1 heterocycles. The molecule has 3 aromatic carbocycles. The zero-order valence-corrected chi connectivity index (χ0v) is 21.8. The van der Waals surface area contributed by atoms with Crippen LogP contribution >= 0.6 is 34.4 Å². The van der Waals surface area contributed by atoms with E-state index in [1.165, 1.54) is 18.3 Å². The molecule has 0 aromatic heterocycles. The van der Waals surface area contributed by atoms with Gasteiger partial charge in [-0.15, -0.1) is 0 Å². The normalized spacial score (nSPS) is 13.9.